The summed E-state index contributed by atoms with van der Waals surface area (Å²) >= 11 is 0. The fraction of sp³-hybridized carbons (Fsp3) is 0.529. The Labute approximate surface area is 120 Å². The summed E-state index contributed by atoms with van der Waals surface area (Å²) in [7, 11) is 0. The third-order valence-corrected chi connectivity index (χ3v) is 4.85. The molecule has 1 unspecified atom stereocenters. The summed E-state index contributed by atoms with van der Waals surface area (Å²) in [5.74, 6) is 1.54. The molecule has 0 amide bonds. The van der Waals surface area contributed by atoms with Crippen LogP contribution in [-0.2, 0) is 0 Å². The number of hydrogen-bond donors (Lipinski definition) is 1. The number of nitrogens with zero attached hydrogens (tertiary/aromatic N) is 2. The van der Waals surface area contributed by atoms with Gasteiger partial charge in [0.15, 0.2) is 0 Å². The highest BCUT2D eigenvalue weighted by Gasteiger charge is 2.25. The van der Waals surface area contributed by atoms with Gasteiger partial charge in [0.2, 0.25) is 0 Å². The largest absolute Gasteiger partial charge is 0.324 e. The molecular weight excluding hydrogens is 246 g/mol. The first kappa shape index (κ1) is 13.5. The van der Waals surface area contributed by atoms with Gasteiger partial charge in [-0.25, -0.2) is 0 Å². The average Bonchev–Trinajstić information content (AvgIpc) is 2.54. The van der Waals surface area contributed by atoms with Crippen molar-refractivity contribution in [3.05, 3.63) is 36.2 Å². The lowest BCUT2D eigenvalue weighted by Crippen LogP contribution is -2.26. The molecule has 1 atom stereocenters. The predicted molar refractivity (Wildman–Crippen MR) is 82.2 cm³/mol. The summed E-state index contributed by atoms with van der Waals surface area (Å²) in [5.41, 5.74) is 9.60. The van der Waals surface area contributed by atoms with Crippen LogP contribution < -0.4 is 5.73 Å². The molecule has 1 aliphatic rings. The molecule has 0 radical (unpaired) electrons. The molecule has 2 aromatic rings. The summed E-state index contributed by atoms with van der Waals surface area (Å²) in [6, 6.07) is 6.40. The van der Waals surface area contributed by atoms with Crippen LogP contribution in [0.2, 0.25) is 0 Å². The van der Waals surface area contributed by atoms with Gasteiger partial charge in [-0.15, -0.1) is 0 Å². The maximum atomic E-state index is 6.50. The van der Waals surface area contributed by atoms with E-state index < -0.39 is 0 Å². The molecule has 3 rings (SSSR count). The van der Waals surface area contributed by atoms with E-state index in [9.17, 15) is 0 Å². The molecule has 1 aromatic carbocycles. The van der Waals surface area contributed by atoms with Gasteiger partial charge < -0.3 is 5.73 Å². The van der Waals surface area contributed by atoms with Crippen LogP contribution in [0, 0.1) is 11.8 Å². The van der Waals surface area contributed by atoms with Crippen LogP contribution >= 0.6 is 0 Å². The van der Waals surface area contributed by atoms with E-state index in [0.717, 1.165) is 17.0 Å². The van der Waals surface area contributed by atoms with Gasteiger partial charge in [0.25, 0.3) is 0 Å². The van der Waals surface area contributed by atoms with Crippen molar-refractivity contribution in [2.24, 2.45) is 17.6 Å². The maximum Gasteiger partial charge on any atom is 0.0890 e. The lowest BCUT2D eigenvalue weighted by atomic mass is 9.76. The van der Waals surface area contributed by atoms with Crippen molar-refractivity contribution in [3.8, 4) is 0 Å². The zero-order chi connectivity index (χ0) is 13.9. The molecule has 1 aromatic heterocycles. The normalized spacial score (nSPS) is 24.7. The highest BCUT2D eigenvalue weighted by Crippen LogP contribution is 2.37. The summed E-state index contributed by atoms with van der Waals surface area (Å²) in [6.07, 6.45) is 9.98. The second kappa shape index (κ2) is 5.88. The number of fused-ring (bicyclic) bond motifs is 1. The lowest BCUT2D eigenvalue weighted by molar-refractivity contribution is 0.240. The van der Waals surface area contributed by atoms with Gasteiger partial charge >= 0.3 is 0 Å². The van der Waals surface area contributed by atoms with E-state index in [1.165, 1.54) is 37.7 Å². The standard InChI is InChI=1S/C17H23N3/c1-2-12-3-5-13(6-4-12)17(18)14-7-8-15-16(11-14)20-10-9-19-15/h7-13,17H,2-6,18H2,1H3. The molecule has 20 heavy (non-hydrogen) atoms. The fourth-order valence-corrected chi connectivity index (χ4v) is 3.42. The van der Waals surface area contributed by atoms with Crippen molar-refractivity contribution in [1.82, 2.24) is 9.97 Å². The number of rotatable bonds is 3. The van der Waals surface area contributed by atoms with Crippen LogP contribution in [0.3, 0.4) is 0 Å². The summed E-state index contributed by atoms with van der Waals surface area (Å²) < 4.78 is 0. The molecule has 0 spiro atoms. The van der Waals surface area contributed by atoms with Crippen LogP contribution in [0.5, 0.6) is 0 Å². The molecule has 1 heterocycles. The first-order chi connectivity index (χ1) is 9.78. The quantitative estimate of drug-likeness (QED) is 0.921. The van der Waals surface area contributed by atoms with Crippen LogP contribution in [0.1, 0.15) is 50.6 Å². The first-order valence-electron chi connectivity index (χ1n) is 7.74. The highest BCUT2D eigenvalue weighted by atomic mass is 14.8. The van der Waals surface area contributed by atoms with Crippen molar-refractivity contribution in [3.63, 3.8) is 0 Å². The minimum atomic E-state index is 0.138. The first-order valence-corrected chi connectivity index (χ1v) is 7.74. The molecule has 2 N–H and O–H groups in total. The number of aromatic nitrogens is 2. The van der Waals surface area contributed by atoms with Crippen LogP contribution in [0.15, 0.2) is 30.6 Å². The van der Waals surface area contributed by atoms with Gasteiger partial charge in [0.1, 0.15) is 0 Å². The fourth-order valence-electron chi connectivity index (χ4n) is 3.42. The van der Waals surface area contributed by atoms with Crippen molar-refractivity contribution >= 4 is 11.0 Å². The number of benzene rings is 1. The van der Waals surface area contributed by atoms with E-state index in [-0.39, 0.29) is 6.04 Å². The SMILES string of the molecule is CCC1CCC(C(N)c2ccc3nccnc3c2)CC1. The Morgan fingerprint density at radius 3 is 2.50 bits per heavy atom. The van der Waals surface area contributed by atoms with E-state index in [1.807, 2.05) is 6.07 Å². The highest BCUT2D eigenvalue weighted by molar-refractivity contribution is 5.74. The van der Waals surface area contributed by atoms with Crippen LogP contribution in [0.25, 0.3) is 11.0 Å². The van der Waals surface area contributed by atoms with E-state index in [2.05, 4.69) is 29.0 Å². The van der Waals surface area contributed by atoms with E-state index >= 15 is 0 Å². The Bertz CT molecular complexity index is 573. The summed E-state index contributed by atoms with van der Waals surface area (Å²) in [5, 5.41) is 0. The van der Waals surface area contributed by atoms with Crippen molar-refractivity contribution < 1.29 is 0 Å². The Morgan fingerprint density at radius 1 is 1.10 bits per heavy atom. The third kappa shape index (κ3) is 2.68. The van der Waals surface area contributed by atoms with Gasteiger partial charge in [0.05, 0.1) is 11.0 Å². The summed E-state index contributed by atoms with van der Waals surface area (Å²) in [4.78, 5) is 8.69. The monoisotopic (exact) mass is 269 g/mol. The molecule has 0 bridgehead atoms. The van der Waals surface area contributed by atoms with E-state index in [4.69, 9.17) is 5.73 Å². The predicted octanol–water partition coefficient (Wildman–Crippen LogP) is 3.85. The Kier molecular flexibility index (Phi) is 3.97. The molecule has 3 nitrogen and oxygen atoms in total. The van der Waals surface area contributed by atoms with Gasteiger partial charge in [-0.3, -0.25) is 9.97 Å². The van der Waals surface area contributed by atoms with Crippen molar-refractivity contribution in [1.29, 1.82) is 0 Å². The molecule has 3 heteroatoms. The zero-order valence-corrected chi connectivity index (χ0v) is 12.1. The Morgan fingerprint density at radius 2 is 1.80 bits per heavy atom. The molecule has 1 fully saturated rings. The molecular formula is C17H23N3. The van der Waals surface area contributed by atoms with E-state index in [1.54, 1.807) is 12.4 Å². The Hall–Kier alpha value is -1.48. The van der Waals surface area contributed by atoms with Gasteiger partial charge in [-0.05, 0) is 42.4 Å². The minimum absolute atomic E-state index is 0.138. The number of hydrogen-bond acceptors (Lipinski definition) is 3. The lowest BCUT2D eigenvalue weighted by Gasteiger charge is -2.32. The van der Waals surface area contributed by atoms with Crippen molar-refractivity contribution in [2.45, 2.75) is 45.1 Å². The molecule has 106 valence electrons. The maximum absolute atomic E-state index is 6.50. The second-order valence-corrected chi connectivity index (χ2v) is 6.02. The molecule has 1 saturated carbocycles. The molecule has 0 saturated heterocycles. The van der Waals surface area contributed by atoms with Gasteiger partial charge in [-0.2, -0.15) is 0 Å². The smallest absolute Gasteiger partial charge is 0.0890 e. The van der Waals surface area contributed by atoms with Gasteiger partial charge in [-0.1, -0.05) is 32.3 Å². The molecule has 1 aliphatic carbocycles. The van der Waals surface area contributed by atoms with E-state index in [0.29, 0.717) is 5.92 Å². The van der Waals surface area contributed by atoms with Crippen LogP contribution in [-0.4, -0.2) is 9.97 Å². The Balaban J connectivity index is 1.77. The van der Waals surface area contributed by atoms with Crippen molar-refractivity contribution in [2.75, 3.05) is 0 Å². The average molecular weight is 269 g/mol. The summed E-state index contributed by atoms with van der Waals surface area (Å²) in [6.45, 7) is 2.30. The van der Waals surface area contributed by atoms with Gasteiger partial charge in [0, 0.05) is 18.4 Å². The second-order valence-electron chi connectivity index (χ2n) is 6.02. The zero-order valence-electron chi connectivity index (χ0n) is 12.1. The number of nitrogens with two attached hydrogens (primary N) is 1. The molecule has 0 aliphatic heterocycles. The topological polar surface area (TPSA) is 51.8 Å². The minimum Gasteiger partial charge on any atom is -0.324 e. The third-order valence-electron chi connectivity index (χ3n) is 4.85. The van der Waals surface area contributed by atoms with Crippen LogP contribution in [0.4, 0.5) is 0 Å².